The standard InChI is InChI=1S/C13H18N4O2/c14-10(13(18)19)4-6-15-5-3-9-1-2-11-12(7-9)17-8-16-11/h1-2,7-8,10,15H,3-6,14H2,(H,16,17)(H,18,19). The number of hydrogen-bond donors (Lipinski definition) is 4. The van der Waals surface area contributed by atoms with Gasteiger partial charge in [0.1, 0.15) is 6.04 Å². The number of aromatic nitrogens is 2. The molecule has 0 saturated carbocycles. The molecule has 0 amide bonds. The number of fused-ring (bicyclic) bond motifs is 1. The Labute approximate surface area is 111 Å². The number of nitrogens with zero attached hydrogens (tertiary/aromatic N) is 1. The molecule has 6 nitrogen and oxygen atoms in total. The molecule has 1 aromatic heterocycles. The van der Waals surface area contributed by atoms with Gasteiger partial charge in [0.15, 0.2) is 0 Å². The second-order valence-corrected chi connectivity index (χ2v) is 4.49. The van der Waals surface area contributed by atoms with Crippen molar-refractivity contribution in [2.45, 2.75) is 18.9 Å². The number of carboxylic acid groups (broad SMARTS) is 1. The van der Waals surface area contributed by atoms with Crippen molar-refractivity contribution < 1.29 is 9.90 Å². The van der Waals surface area contributed by atoms with E-state index >= 15 is 0 Å². The number of hydrogen-bond acceptors (Lipinski definition) is 4. The van der Waals surface area contributed by atoms with Gasteiger partial charge in [0, 0.05) is 0 Å². The Kier molecular flexibility index (Phi) is 4.48. The summed E-state index contributed by atoms with van der Waals surface area (Å²) in [6, 6.07) is 5.33. The van der Waals surface area contributed by atoms with Crippen LogP contribution in [0.1, 0.15) is 12.0 Å². The van der Waals surface area contributed by atoms with E-state index in [2.05, 4.69) is 21.4 Å². The first-order valence-electron chi connectivity index (χ1n) is 6.28. The van der Waals surface area contributed by atoms with Gasteiger partial charge in [-0.15, -0.1) is 0 Å². The number of H-pyrrole nitrogens is 1. The minimum atomic E-state index is -0.952. The van der Waals surface area contributed by atoms with Gasteiger partial charge in [-0.1, -0.05) is 6.07 Å². The van der Waals surface area contributed by atoms with E-state index < -0.39 is 12.0 Å². The van der Waals surface area contributed by atoms with Crippen molar-refractivity contribution in [2.75, 3.05) is 13.1 Å². The maximum Gasteiger partial charge on any atom is 0.320 e. The number of imidazole rings is 1. The predicted octanol–water partition coefficient (Wildman–Crippen LogP) is 0.497. The first-order valence-corrected chi connectivity index (χ1v) is 6.28. The van der Waals surface area contributed by atoms with Crippen LogP contribution in [0.2, 0.25) is 0 Å². The molecular weight excluding hydrogens is 244 g/mol. The lowest BCUT2D eigenvalue weighted by molar-refractivity contribution is -0.138. The number of carboxylic acids is 1. The van der Waals surface area contributed by atoms with E-state index in [1.54, 1.807) is 6.33 Å². The highest BCUT2D eigenvalue weighted by Gasteiger charge is 2.09. The fraction of sp³-hybridized carbons (Fsp3) is 0.385. The van der Waals surface area contributed by atoms with E-state index in [4.69, 9.17) is 10.8 Å². The number of nitrogens with one attached hydrogen (secondary N) is 2. The third-order valence-corrected chi connectivity index (χ3v) is 3.02. The van der Waals surface area contributed by atoms with Crippen molar-refractivity contribution in [3.63, 3.8) is 0 Å². The molecule has 0 radical (unpaired) electrons. The summed E-state index contributed by atoms with van der Waals surface area (Å²) in [5.41, 5.74) is 8.62. The molecule has 0 aliphatic heterocycles. The Hall–Kier alpha value is -1.92. The van der Waals surface area contributed by atoms with Gasteiger partial charge in [0.2, 0.25) is 0 Å². The van der Waals surface area contributed by atoms with Crippen LogP contribution in [0.4, 0.5) is 0 Å². The zero-order valence-electron chi connectivity index (χ0n) is 10.6. The number of aromatic amines is 1. The van der Waals surface area contributed by atoms with Gasteiger partial charge < -0.3 is 21.1 Å². The fourth-order valence-electron chi connectivity index (χ4n) is 1.88. The van der Waals surface area contributed by atoms with Crippen LogP contribution in [0.5, 0.6) is 0 Å². The molecule has 0 spiro atoms. The van der Waals surface area contributed by atoms with E-state index in [0.717, 1.165) is 24.0 Å². The average Bonchev–Trinajstić information content (AvgIpc) is 2.85. The molecule has 2 aromatic rings. The highest BCUT2D eigenvalue weighted by molar-refractivity contribution is 5.75. The predicted molar refractivity (Wildman–Crippen MR) is 72.9 cm³/mol. The molecule has 102 valence electrons. The zero-order chi connectivity index (χ0) is 13.7. The van der Waals surface area contributed by atoms with Crippen LogP contribution < -0.4 is 11.1 Å². The smallest absolute Gasteiger partial charge is 0.320 e. The topological polar surface area (TPSA) is 104 Å². The second kappa shape index (κ2) is 6.31. The average molecular weight is 262 g/mol. The Morgan fingerprint density at radius 1 is 1.47 bits per heavy atom. The van der Waals surface area contributed by atoms with Crippen LogP contribution in [0, 0.1) is 0 Å². The number of aliphatic carboxylic acids is 1. The highest BCUT2D eigenvalue weighted by Crippen LogP contribution is 2.11. The van der Waals surface area contributed by atoms with E-state index in [1.165, 1.54) is 5.56 Å². The molecular formula is C13H18N4O2. The van der Waals surface area contributed by atoms with E-state index in [-0.39, 0.29) is 0 Å². The molecule has 0 bridgehead atoms. The number of nitrogens with two attached hydrogens (primary N) is 1. The lowest BCUT2D eigenvalue weighted by Gasteiger charge is -2.07. The van der Waals surface area contributed by atoms with Crippen molar-refractivity contribution in [1.82, 2.24) is 15.3 Å². The summed E-state index contributed by atoms with van der Waals surface area (Å²) in [6.45, 7) is 1.41. The lowest BCUT2D eigenvalue weighted by atomic mass is 10.1. The van der Waals surface area contributed by atoms with Crippen LogP contribution in [-0.4, -0.2) is 40.2 Å². The van der Waals surface area contributed by atoms with Crippen LogP contribution in [0.3, 0.4) is 0 Å². The minimum absolute atomic E-state index is 0.439. The molecule has 1 unspecified atom stereocenters. The lowest BCUT2D eigenvalue weighted by Crippen LogP contribution is -2.34. The molecule has 2 rings (SSSR count). The van der Waals surface area contributed by atoms with Crippen LogP contribution in [0.15, 0.2) is 24.5 Å². The summed E-state index contributed by atoms with van der Waals surface area (Å²) < 4.78 is 0. The Bertz CT molecular complexity index is 552. The summed E-state index contributed by atoms with van der Waals surface area (Å²) >= 11 is 0. The molecule has 19 heavy (non-hydrogen) atoms. The molecule has 0 saturated heterocycles. The van der Waals surface area contributed by atoms with Gasteiger partial charge in [0.05, 0.1) is 17.4 Å². The fourth-order valence-corrected chi connectivity index (χ4v) is 1.88. The third kappa shape index (κ3) is 3.77. The SMILES string of the molecule is NC(CCNCCc1ccc2nc[nH]c2c1)C(=O)O. The Balaban J connectivity index is 1.72. The Morgan fingerprint density at radius 3 is 3.11 bits per heavy atom. The number of benzene rings is 1. The molecule has 1 heterocycles. The molecule has 0 aliphatic carbocycles. The van der Waals surface area contributed by atoms with Crippen molar-refractivity contribution in [3.05, 3.63) is 30.1 Å². The molecule has 6 heteroatoms. The molecule has 0 aliphatic rings. The van der Waals surface area contributed by atoms with Crippen molar-refractivity contribution in [1.29, 1.82) is 0 Å². The summed E-state index contributed by atoms with van der Waals surface area (Å²) in [5, 5.41) is 11.8. The monoisotopic (exact) mass is 262 g/mol. The minimum Gasteiger partial charge on any atom is -0.480 e. The maximum absolute atomic E-state index is 10.5. The van der Waals surface area contributed by atoms with Crippen LogP contribution in [0.25, 0.3) is 11.0 Å². The normalized spacial score (nSPS) is 12.7. The van der Waals surface area contributed by atoms with E-state index in [1.807, 2.05) is 12.1 Å². The zero-order valence-corrected chi connectivity index (χ0v) is 10.6. The van der Waals surface area contributed by atoms with Gasteiger partial charge in [-0.2, -0.15) is 0 Å². The van der Waals surface area contributed by atoms with Crippen LogP contribution in [-0.2, 0) is 11.2 Å². The largest absolute Gasteiger partial charge is 0.480 e. The number of carbonyl (C=O) groups is 1. The molecule has 0 fully saturated rings. The van der Waals surface area contributed by atoms with Crippen molar-refractivity contribution in [3.8, 4) is 0 Å². The van der Waals surface area contributed by atoms with Gasteiger partial charge in [0.25, 0.3) is 0 Å². The summed E-state index contributed by atoms with van der Waals surface area (Å²) in [5.74, 6) is -0.952. The van der Waals surface area contributed by atoms with Crippen LogP contribution >= 0.6 is 0 Å². The van der Waals surface area contributed by atoms with E-state index in [0.29, 0.717) is 13.0 Å². The molecule has 1 aromatic carbocycles. The second-order valence-electron chi connectivity index (χ2n) is 4.49. The first kappa shape index (κ1) is 13.5. The highest BCUT2D eigenvalue weighted by atomic mass is 16.4. The van der Waals surface area contributed by atoms with Gasteiger partial charge in [-0.3, -0.25) is 4.79 Å². The summed E-state index contributed by atoms with van der Waals surface area (Å²) in [7, 11) is 0. The number of rotatable bonds is 7. The van der Waals surface area contributed by atoms with Gasteiger partial charge in [-0.05, 0) is 43.6 Å². The summed E-state index contributed by atoms with van der Waals surface area (Å²) in [6.07, 6.45) is 3.01. The van der Waals surface area contributed by atoms with Crippen molar-refractivity contribution in [2.24, 2.45) is 5.73 Å². The summed E-state index contributed by atoms with van der Waals surface area (Å²) in [4.78, 5) is 17.8. The van der Waals surface area contributed by atoms with Gasteiger partial charge in [-0.25, -0.2) is 4.98 Å². The third-order valence-electron chi connectivity index (χ3n) is 3.02. The molecule has 1 atom stereocenters. The quantitative estimate of drug-likeness (QED) is 0.544. The van der Waals surface area contributed by atoms with Crippen molar-refractivity contribution >= 4 is 17.0 Å². The Morgan fingerprint density at radius 2 is 2.32 bits per heavy atom. The van der Waals surface area contributed by atoms with E-state index in [9.17, 15) is 4.79 Å². The first-order chi connectivity index (χ1) is 9.16. The molecule has 5 N–H and O–H groups in total. The maximum atomic E-state index is 10.5. The van der Waals surface area contributed by atoms with Gasteiger partial charge >= 0.3 is 5.97 Å².